The second-order valence-electron chi connectivity index (χ2n) is 8.61. The summed E-state index contributed by atoms with van der Waals surface area (Å²) in [6.07, 6.45) is 7.35. The predicted molar refractivity (Wildman–Crippen MR) is 133 cm³/mol. The summed E-state index contributed by atoms with van der Waals surface area (Å²) in [5.74, 6) is 0.759. The fourth-order valence-electron chi connectivity index (χ4n) is 4.27. The summed E-state index contributed by atoms with van der Waals surface area (Å²) < 4.78 is 9.85. The van der Waals surface area contributed by atoms with Crippen LogP contribution in [0.4, 0.5) is 5.69 Å². The van der Waals surface area contributed by atoms with Crippen molar-refractivity contribution in [2.24, 2.45) is 0 Å². The van der Waals surface area contributed by atoms with Crippen molar-refractivity contribution in [1.82, 2.24) is 29.4 Å². The average molecular weight is 468 g/mol. The number of likely N-dealkylation sites (N-methyl/N-ethyl adjacent to an activating group) is 1. The van der Waals surface area contributed by atoms with Gasteiger partial charge in [-0.3, -0.25) is 14.3 Å². The van der Waals surface area contributed by atoms with Gasteiger partial charge < -0.3 is 15.4 Å². The number of nitrogen functional groups attached to an aromatic ring is 1. The third kappa shape index (κ3) is 4.16. The summed E-state index contributed by atoms with van der Waals surface area (Å²) in [6.45, 7) is 7.73. The monoisotopic (exact) mass is 467 g/mol. The van der Waals surface area contributed by atoms with Crippen LogP contribution in [-0.2, 0) is 6.54 Å². The Morgan fingerprint density at radius 1 is 1.21 bits per heavy atom. The van der Waals surface area contributed by atoms with Gasteiger partial charge in [0.15, 0.2) is 0 Å². The van der Waals surface area contributed by atoms with Gasteiger partial charge in [0.1, 0.15) is 5.75 Å². The molecule has 3 aromatic heterocycles. The normalized spacial score (nSPS) is 12.6. The molecule has 0 saturated heterocycles. The Kier molecular flexibility index (Phi) is 6.32. The fraction of sp³-hybridized carbons (Fsp3) is 0.375. The number of pyridine rings is 1. The topological polar surface area (TPSA) is 87.0 Å². The Morgan fingerprint density at radius 2 is 1.97 bits per heavy atom. The zero-order chi connectivity index (χ0) is 23.9. The number of benzene rings is 1. The molecular formula is C24H30ClN7O. The molecule has 174 valence electrons. The lowest BCUT2D eigenvalue weighted by Gasteiger charge is -2.22. The number of fused-ring (bicyclic) bond motifs is 1. The van der Waals surface area contributed by atoms with Gasteiger partial charge in [0.2, 0.25) is 0 Å². The van der Waals surface area contributed by atoms with Crippen molar-refractivity contribution in [3.8, 4) is 16.9 Å². The largest absolute Gasteiger partial charge is 0.496 e. The van der Waals surface area contributed by atoms with E-state index in [0.29, 0.717) is 10.7 Å². The molecule has 0 saturated carbocycles. The highest BCUT2D eigenvalue weighted by molar-refractivity contribution is 6.32. The van der Waals surface area contributed by atoms with Crippen LogP contribution in [0, 0.1) is 13.8 Å². The fourth-order valence-corrected chi connectivity index (χ4v) is 4.48. The number of nitrogens with zero attached hydrogens (tertiary/aromatic N) is 6. The number of anilines is 1. The molecule has 0 bridgehead atoms. The van der Waals surface area contributed by atoms with Gasteiger partial charge in [-0.2, -0.15) is 10.2 Å². The first kappa shape index (κ1) is 23.1. The van der Waals surface area contributed by atoms with Crippen LogP contribution < -0.4 is 10.5 Å². The van der Waals surface area contributed by atoms with Crippen LogP contribution in [0.25, 0.3) is 22.0 Å². The van der Waals surface area contributed by atoms with Gasteiger partial charge in [-0.15, -0.1) is 0 Å². The minimum Gasteiger partial charge on any atom is -0.496 e. The number of ether oxygens (including phenoxy) is 1. The lowest BCUT2D eigenvalue weighted by atomic mass is 9.95. The molecule has 1 atom stereocenters. The van der Waals surface area contributed by atoms with E-state index in [9.17, 15) is 0 Å². The standard InChI is InChI=1S/C24H30ClN7O/c1-14-19(25)9-18(16(3)32-21-12-27-11-20(26)23(21)15(2)29-32)24(33-6)22(14)17-10-28-31(13-17)8-7-30(4)5/h9-13,16H,7-8,26H2,1-6H3. The number of halogens is 1. The first-order valence-corrected chi connectivity index (χ1v) is 11.2. The summed E-state index contributed by atoms with van der Waals surface area (Å²) >= 11 is 6.74. The Labute approximate surface area is 198 Å². The second kappa shape index (κ2) is 9.03. The van der Waals surface area contributed by atoms with Crippen molar-refractivity contribution in [2.75, 3.05) is 33.5 Å². The molecule has 1 unspecified atom stereocenters. The van der Waals surface area contributed by atoms with Crippen LogP contribution in [0.2, 0.25) is 5.02 Å². The summed E-state index contributed by atoms with van der Waals surface area (Å²) in [5, 5.41) is 10.9. The minimum absolute atomic E-state index is 0.166. The van der Waals surface area contributed by atoms with E-state index in [1.54, 1.807) is 19.5 Å². The summed E-state index contributed by atoms with van der Waals surface area (Å²) in [6, 6.07) is 1.79. The van der Waals surface area contributed by atoms with Gasteiger partial charge in [0.25, 0.3) is 0 Å². The molecule has 0 fully saturated rings. The number of aryl methyl sites for hydroxylation is 1. The molecule has 0 aliphatic heterocycles. The van der Waals surface area contributed by atoms with E-state index in [-0.39, 0.29) is 6.04 Å². The molecule has 0 aliphatic carbocycles. The van der Waals surface area contributed by atoms with Crippen molar-refractivity contribution in [1.29, 1.82) is 0 Å². The highest BCUT2D eigenvalue weighted by atomic mass is 35.5. The molecular weight excluding hydrogens is 438 g/mol. The van der Waals surface area contributed by atoms with Gasteiger partial charge in [-0.1, -0.05) is 11.6 Å². The zero-order valence-corrected chi connectivity index (χ0v) is 20.7. The molecule has 0 aliphatic rings. The summed E-state index contributed by atoms with van der Waals surface area (Å²) in [5.41, 5.74) is 12.3. The van der Waals surface area contributed by atoms with Crippen molar-refractivity contribution in [2.45, 2.75) is 33.4 Å². The molecule has 4 aromatic rings. The van der Waals surface area contributed by atoms with Gasteiger partial charge in [0.05, 0.1) is 55.2 Å². The van der Waals surface area contributed by atoms with Crippen molar-refractivity contribution in [3.05, 3.63) is 52.7 Å². The molecule has 8 nitrogen and oxygen atoms in total. The van der Waals surface area contributed by atoms with E-state index in [2.05, 4.69) is 21.9 Å². The highest BCUT2D eigenvalue weighted by Crippen LogP contribution is 2.43. The maximum atomic E-state index is 6.74. The summed E-state index contributed by atoms with van der Waals surface area (Å²) in [7, 11) is 5.78. The lowest BCUT2D eigenvalue weighted by molar-refractivity contribution is 0.373. The Hall–Kier alpha value is -3.10. The Balaban J connectivity index is 1.84. The van der Waals surface area contributed by atoms with Crippen molar-refractivity contribution in [3.63, 3.8) is 0 Å². The Bertz CT molecular complexity index is 1310. The zero-order valence-electron chi connectivity index (χ0n) is 19.9. The number of hydrogen-bond acceptors (Lipinski definition) is 6. The molecule has 1 aromatic carbocycles. The van der Waals surface area contributed by atoms with Crippen LogP contribution in [0.15, 0.2) is 30.9 Å². The van der Waals surface area contributed by atoms with Crippen LogP contribution in [0.3, 0.4) is 0 Å². The van der Waals surface area contributed by atoms with Crippen molar-refractivity contribution < 1.29 is 4.74 Å². The maximum absolute atomic E-state index is 6.74. The van der Waals surface area contributed by atoms with E-state index >= 15 is 0 Å². The molecule has 0 radical (unpaired) electrons. The predicted octanol–water partition coefficient (Wildman–Crippen LogP) is 4.33. The number of nitrogens with two attached hydrogens (primary N) is 1. The molecule has 9 heteroatoms. The van der Waals surface area contributed by atoms with E-state index in [0.717, 1.165) is 57.7 Å². The van der Waals surface area contributed by atoms with Gasteiger partial charge in [-0.05, 0) is 46.5 Å². The third-order valence-corrected chi connectivity index (χ3v) is 6.44. The minimum atomic E-state index is -0.166. The number of aromatic nitrogens is 5. The summed E-state index contributed by atoms with van der Waals surface area (Å²) in [4.78, 5) is 6.41. The van der Waals surface area contributed by atoms with Gasteiger partial charge >= 0.3 is 0 Å². The highest BCUT2D eigenvalue weighted by Gasteiger charge is 2.25. The third-order valence-electron chi connectivity index (χ3n) is 6.05. The molecule has 3 heterocycles. The average Bonchev–Trinajstić information content (AvgIpc) is 3.38. The van der Waals surface area contributed by atoms with Crippen LogP contribution in [0.1, 0.15) is 29.8 Å². The SMILES string of the molecule is COc1c(C(C)n2nc(C)c3c(N)cncc32)cc(Cl)c(C)c1-c1cnn(CCN(C)C)c1. The smallest absolute Gasteiger partial charge is 0.132 e. The van der Waals surface area contributed by atoms with Crippen LogP contribution >= 0.6 is 11.6 Å². The number of rotatable bonds is 7. The van der Waals surface area contributed by atoms with E-state index in [1.165, 1.54) is 0 Å². The van der Waals surface area contributed by atoms with Crippen LogP contribution in [-0.4, -0.2) is 57.2 Å². The number of hydrogen-bond donors (Lipinski definition) is 1. The Morgan fingerprint density at radius 3 is 2.67 bits per heavy atom. The van der Waals surface area contributed by atoms with Crippen LogP contribution in [0.5, 0.6) is 5.75 Å². The lowest BCUT2D eigenvalue weighted by Crippen LogP contribution is -2.18. The first-order valence-electron chi connectivity index (χ1n) is 10.9. The molecule has 2 N–H and O–H groups in total. The second-order valence-corrected chi connectivity index (χ2v) is 9.01. The van der Waals surface area contributed by atoms with Gasteiger partial charge in [-0.25, -0.2) is 0 Å². The first-order chi connectivity index (χ1) is 15.7. The molecule has 4 rings (SSSR count). The quantitative estimate of drug-likeness (QED) is 0.435. The van der Waals surface area contributed by atoms with Crippen molar-refractivity contribution >= 4 is 28.2 Å². The van der Waals surface area contributed by atoms with E-state index in [1.807, 2.05) is 55.8 Å². The molecule has 0 spiro atoms. The van der Waals surface area contributed by atoms with E-state index < -0.39 is 0 Å². The molecule has 0 amide bonds. The van der Waals surface area contributed by atoms with Gasteiger partial charge in [0, 0.05) is 39.8 Å². The number of methoxy groups -OCH3 is 1. The maximum Gasteiger partial charge on any atom is 0.132 e. The van der Waals surface area contributed by atoms with E-state index in [4.69, 9.17) is 27.2 Å². The molecule has 33 heavy (non-hydrogen) atoms.